The van der Waals surface area contributed by atoms with Crippen LogP contribution in [-0.2, 0) is 4.79 Å². The molecule has 1 heterocycles. The van der Waals surface area contributed by atoms with Gasteiger partial charge in [-0.2, -0.15) is 0 Å². The summed E-state index contributed by atoms with van der Waals surface area (Å²) in [4.78, 5) is 16.6. The first kappa shape index (κ1) is 19.4. The van der Waals surface area contributed by atoms with E-state index in [2.05, 4.69) is 10.3 Å². The Labute approximate surface area is 167 Å². The summed E-state index contributed by atoms with van der Waals surface area (Å²) in [6, 6.07) is 12.9. The molecule has 28 heavy (non-hydrogen) atoms. The Morgan fingerprint density at radius 3 is 2.71 bits per heavy atom. The Kier molecular flexibility index (Phi) is 6.29. The zero-order chi connectivity index (χ0) is 19.9. The maximum Gasteiger partial charge on any atom is 0.250 e. The molecule has 0 bridgehead atoms. The number of hydrogen-bond acceptors (Lipinski definition) is 6. The molecule has 3 N–H and O–H groups in total. The van der Waals surface area contributed by atoms with Crippen LogP contribution in [0, 0.1) is 0 Å². The van der Waals surface area contributed by atoms with Crippen LogP contribution in [0.1, 0.15) is 12.5 Å². The molecule has 1 aromatic heterocycles. The number of methoxy groups -OCH3 is 1. The maximum absolute atomic E-state index is 12.2. The molecule has 0 aliphatic heterocycles. The smallest absolute Gasteiger partial charge is 0.250 e. The molecule has 6 nitrogen and oxygen atoms in total. The summed E-state index contributed by atoms with van der Waals surface area (Å²) in [7, 11) is 1.58. The molecular formula is C21H21N3O3S. The molecule has 144 valence electrons. The molecule has 0 saturated heterocycles. The molecule has 0 aliphatic carbocycles. The van der Waals surface area contributed by atoms with Gasteiger partial charge in [0.05, 0.1) is 19.4 Å². The molecule has 0 saturated carbocycles. The van der Waals surface area contributed by atoms with E-state index in [-0.39, 0.29) is 5.91 Å². The molecule has 0 atom stereocenters. The molecule has 0 spiro atoms. The average molecular weight is 395 g/mol. The Bertz CT molecular complexity index is 981. The molecule has 0 aliphatic rings. The quantitative estimate of drug-likeness (QED) is 0.456. The van der Waals surface area contributed by atoms with Crippen LogP contribution >= 0.6 is 11.3 Å². The van der Waals surface area contributed by atoms with Gasteiger partial charge in [0.15, 0.2) is 16.6 Å². The van der Waals surface area contributed by atoms with Gasteiger partial charge in [-0.05, 0) is 42.8 Å². The van der Waals surface area contributed by atoms with Gasteiger partial charge in [0.25, 0.3) is 0 Å². The SMILES string of the molecule is CCOc1ccc(/C=C/C(=O)Nc2nc(-c3ccc(N)cc3)cs2)cc1OC. The molecule has 3 aromatic rings. The molecule has 1 amide bonds. The summed E-state index contributed by atoms with van der Waals surface area (Å²) in [5, 5.41) is 5.20. The summed E-state index contributed by atoms with van der Waals surface area (Å²) in [6.45, 7) is 2.47. The predicted octanol–water partition coefficient (Wildman–Crippen LogP) is 4.45. The number of ether oxygens (including phenoxy) is 2. The molecule has 7 heteroatoms. The minimum atomic E-state index is -0.258. The lowest BCUT2D eigenvalue weighted by Crippen LogP contribution is -2.07. The third kappa shape index (κ3) is 4.89. The fraction of sp³-hybridized carbons (Fsp3) is 0.143. The van der Waals surface area contributed by atoms with Gasteiger partial charge in [-0.25, -0.2) is 4.98 Å². The van der Waals surface area contributed by atoms with Crippen molar-refractivity contribution in [3.05, 3.63) is 59.5 Å². The minimum Gasteiger partial charge on any atom is -0.493 e. The molecule has 0 radical (unpaired) electrons. The van der Waals surface area contributed by atoms with Crippen LogP contribution in [0.4, 0.5) is 10.8 Å². The van der Waals surface area contributed by atoms with E-state index in [1.165, 1.54) is 17.4 Å². The maximum atomic E-state index is 12.2. The van der Waals surface area contributed by atoms with Crippen molar-refractivity contribution in [3.8, 4) is 22.8 Å². The number of aromatic nitrogens is 1. The topological polar surface area (TPSA) is 86.5 Å². The lowest BCUT2D eigenvalue weighted by atomic mass is 10.1. The number of hydrogen-bond donors (Lipinski definition) is 2. The van der Waals surface area contributed by atoms with Crippen LogP contribution in [0.25, 0.3) is 17.3 Å². The number of anilines is 2. The van der Waals surface area contributed by atoms with Gasteiger partial charge in [0.1, 0.15) is 0 Å². The zero-order valence-corrected chi connectivity index (χ0v) is 16.5. The fourth-order valence-corrected chi connectivity index (χ4v) is 3.22. The first-order valence-electron chi connectivity index (χ1n) is 8.70. The van der Waals surface area contributed by atoms with Crippen molar-refractivity contribution in [1.82, 2.24) is 4.98 Å². The van der Waals surface area contributed by atoms with E-state index in [0.29, 0.717) is 28.9 Å². The van der Waals surface area contributed by atoms with E-state index in [1.54, 1.807) is 13.2 Å². The summed E-state index contributed by atoms with van der Waals surface area (Å²) >= 11 is 1.37. The number of amides is 1. The monoisotopic (exact) mass is 395 g/mol. The number of nitrogen functional groups attached to an aromatic ring is 1. The van der Waals surface area contributed by atoms with Crippen LogP contribution in [0.5, 0.6) is 11.5 Å². The lowest BCUT2D eigenvalue weighted by molar-refractivity contribution is -0.111. The van der Waals surface area contributed by atoms with Crippen molar-refractivity contribution < 1.29 is 14.3 Å². The van der Waals surface area contributed by atoms with Gasteiger partial charge in [0, 0.05) is 22.7 Å². The number of carbonyl (C=O) groups is 1. The van der Waals surface area contributed by atoms with E-state index in [4.69, 9.17) is 15.2 Å². The van der Waals surface area contributed by atoms with Gasteiger partial charge in [-0.15, -0.1) is 11.3 Å². The van der Waals surface area contributed by atoms with E-state index in [9.17, 15) is 4.79 Å². The second-order valence-electron chi connectivity index (χ2n) is 5.83. The Morgan fingerprint density at radius 1 is 1.21 bits per heavy atom. The number of nitrogens with zero attached hydrogens (tertiary/aromatic N) is 1. The van der Waals surface area contributed by atoms with Gasteiger partial charge < -0.3 is 15.2 Å². The summed E-state index contributed by atoms with van der Waals surface area (Å²) in [5.41, 5.74) is 8.97. The summed E-state index contributed by atoms with van der Waals surface area (Å²) in [6.07, 6.45) is 3.17. The normalized spacial score (nSPS) is 10.8. The molecule has 0 fully saturated rings. The Morgan fingerprint density at radius 2 is 2.00 bits per heavy atom. The van der Waals surface area contributed by atoms with Crippen LogP contribution in [0.3, 0.4) is 0 Å². The average Bonchev–Trinajstić information content (AvgIpc) is 3.16. The molecule has 0 unspecified atom stereocenters. The number of thiazole rings is 1. The lowest BCUT2D eigenvalue weighted by Gasteiger charge is -2.09. The Hall–Kier alpha value is -3.32. The fourth-order valence-electron chi connectivity index (χ4n) is 2.50. The summed E-state index contributed by atoms with van der Waals surface area (Å²) < 4.78 is 10.8. The molecule has 2 aromatic carbocycles. The second-order valence-corrected chi connectivity index (χ2v) is 6.68. The van der Waals surface area contributed by atoms with E-state index < -0.39 is 0 Å². The van der Waals surface area contributed by atoms with Crippen molar-refractivity contribution >= 4 is 34.1 Å². The molecular weight excluding hydrogens is 374 g/mol. The third-order valence-corrected chi connectivity index (χ3v) is 4.61. The van der Waals surface area contributed by atoms with Crippen LogP contribution in [-0.4, -0.2) is 24.6 Å². The number of nitrogens with one attached hydrogen (secondary N) is 1. The standard InChI is InChI=1S/C21H21N3O3S/c1-3-27-18-10-4-14(12-19(18)26-2)5-11-20(25)24-21-23-17(13-28-21)15-6-8-16(22)9-7-15/h4-13H,3,22H2,1-2H3,(H,23,24,25)/b11-5+. The van der Waals surface area contributed by atoms with Crippen LogP contribution < -0.4 is 20.5 Å². The predicted molar refractivity (Wildman–Crippen MR) is 114 cm³/mol. The highest BCUT2D eigenvalue weighted by molar-refractivity contribution is 7.14. The van der Waals surface area contributed by atoms with Crippen molar-refractivity contribution in [2.24, 2.45) is 0 Å². The number of carbonyl (C=O) groups excluding carboxylic acids is 1. The van der Waals surface area contributed by atoms with Crippen molar-refractivity contribution in [1.29, 1.82) is 0 Å². The second kappa shape index (κ2) is 9.05. The van der Waals surface area contributed by atoms with E-state index in [0.717, 1.165) is 16.8 Å². The number of benzene rings is 2. The van der Waals surface area contributed by atoms with Crippen LogP contribution in [0.2, 0.25) is 0 Å². The largest absolute Gasteiger partial charge is 0.493 e. The van der Waals surface area contributed by atoms with Gasteiger partial charge in [-0.1, -0.05) is 18.2 Å². The van der Waals surface area contributed by atoms with Crippen LogP contribution in [0.15, 0.2) is 53.9 Å². The van der Waals surface area contributed by atoms with Gasteiger partial charge >= 0.3 is 0 Å². The Balaban J connectivity index is 1.65. The molecule has 3 rings (SSSR count). The van der Waals surface area contributed by atoms with Crippen molar-refractivity contribution in [3.63, 3.8) is 0 Å². The van der Waals surface area contributed by atoms with E-state index in [1.807, 2.05) is 54.8 Å². The summed E-state index contributed by atoms with van der Waals surface area (Å²) in [5.74, 6) is 1.04. The highest BCUT2D eigenvalue weighted by Gasteiger charge is 2.07. The third-order valence-electron chi connectivity index (χ3n) is 3.86. The van der Waals surface area contributed by atoms with Crippen molar-refractivity contribution in [2.45, 2.75) is 6.92 Å². The highest BCUT2D eigenvalue weighted by atomic mass is 32.1. The van der Waals surface area contributed by atoms with Crippen molar-refractivity contribution in [2.75, 3.05) is 24.8 Å². The van der Waals surface area contributed by atoms with Gasteiger partial charge in [-0.3, -0.25) is 10.1 Å². The van der Waals surface area contributed by atoms with Gasteiger partial charge in [0.2, 0.25) is 5.91 Å². The van der Waals surface area contributed by atoms with E-state index >= 15 is 0 Å². The highest BCUT2D eigenvalue weighted by Crippen LogP contribution is 2.29. The first-order valence-corrected chi connectivity index (χ1v) is 9.58. The first-order chi connectivity index (χ1) is 13.6. The zero-order valence-electron chi connectivity index (χ0n) is 15.6. The minimum absolute atomic E-state index is 0.258. The number of rotatable bonds is 7. The number of nitrogens with two attached hydrogens (primary N) is 1.